The summed E-state index contributed by atoms with van der Waals surface area (Å²) < 4.78 is 0. The van der Waals surface area contributed by atoms with Gasteiger partial charge in [0.1, 0.15) is 0 Å². The van der Waals surface area contributed by atoms with E-state index < -0.39 is 0 Å². The van der Waals surface area contributed by atoms with Crippen molar-refractivity contribution in [2.45, 2.75) is 0 Å². The zero-order chi connectivity index (χ0) is 7.98. The predicted molar refractivity (Wildman–Crippen MR) is 53.1 cm³/mol. The van der Waals surface area contributed by atoms with Gasteiger partial charge in [-0.3, -0.25) is 0 Å². The van der Waals surface area contributed by atoms with Gasteiger partial charge in [-0.15, -0.1) is 0 Å². The number of hydrogen-bond donors (Lipinski definition) is 0. The van der Waals surface area contributed by atoms with Crippen molar-refractivity contribution < 1.29 is 0 Å². The van der Waals surface area contributed by atoms with Gasteiger partial charge >= 0.3 is 0 Å². The largest absolute Gasteiger partial charge is 0.0631 e. The van der Waals surface area contributed by atoms with E-state index in [1.54, 1.807) is 0 Å². The van der Waals surface area contributed by atoms with Crippen molar-refractivity contribution in [2.75, 3.05) is 26.7 Å². The Hall–Kier alpha value is -0.0200. The molecule has 0 fully saturated rings. The van der Waals surface area contributed by atoms with Crippen LogP contribution in [-0.2, 0) is 0 Å². The maximum atomic E-state index is 3.05. The summed E-state index contributed by atoms with van der Waals surface area (Å²) in [6.45, 7) is 8.52. The molecule has 0 bridgehead atoms. The monoisotopic (exact) mass is 170 g/mol. The Morgan fingerprint density at radius 3 is 1.20 bits per heavy atom. The molecular weight excluding hydrogens is 158 g/mol. The molecule has 2 heteroatoms. The normalized spacial score (nSPS) is 8.20. The summed E-state index contributed by atoms with van der Waals surface area (Å²) in [7, 11) is -0.176. The Bertz CT molecular complexity index is 171. The van der Waals surface area contributed by atoms with E-state index in [4.69, 9.17) is 0 Å². The lowest BCUT2D eigenvalue weighted by Crippen LogP contribution is -1.58. The molecule has 0 rings (SSSR count). The molecule has 54 valence electrons. The molecular formula is C8H12P2. The lowest BCUT2D eigenvalue weighted by Gasteiger charge is -1.85. The molecule has 0 aliphatic rings. The van der Waals surface area contributed by atoms with Crippen molar-refractivity contribution in [1.29, 1.82) is 0 Å². The SMILES string of the molecule is CP(C)C#CC#CP(C)C. The Morgan fingerprint density at radius 1 is 0.700 bits per heavy atom. The van der Waals surface area contributed by atoms with E-state index in [2.05, 4.69) is 49.8 Å². The van der Waals surface area contributed by atoms with Gasteiger partial charge in [0, 0.05) is 0 Å². The van der Waals surface area contributed by atoms with Crippen molar-refractivity contribution >= 4 is 15.8 Å². The van der Waals surface area contributed by atoms with Crippen molar-refractivity contribution in [3.8, 4) is 23.2 Å². The summed E-state index contributed by atoms with van der Waals surface area (Å²) in [6, 6.07) is 0. The smallest absolute Gasteiger partial charge is 0.0104 e. The van der Waals surface area contributed by atoms with Crippen molar-refractivity contribution in [2.24, 2.45) is 0 Å². The fourth-order valence-electron chi connectivity index (χ4n) is 0.280. The van der Waals surface area contributed by atoms with Crippen molar-refractivity contribution in [3.05, 3.63) is 0 Å². The van der Waals surface area contributed by atoms with Crippen molar-refractivity contribution in [1.82, 2.24) is 0 Å². The average Bonchev–Trinajstić information content (AvgIpc) is 1.79. The van der Waals surface area contributed by atoms with Gasteiger partial charge in [-0.25, -0.2) is 0 Å². The molecule has 10 heavy (non-hydrogen) atoms. The highest BCUT2D eigenvalue weighted by Crippen LogP contribution is 2.21. The standard InChI is InChI=1S/C8H12P2/c1-9(2)7-5-6-8-10(3)4/h1-4H3. The molecule has 0 amide bonds. The molecule has 0 spiro atoms. The quantitative estimate of drug-likeness (QED) is 0.386. The first kappa shape index (κ1) is 9.98. The zero-order valence-corrected chi connectivity index (χ0v) is 8.68. The highest BCUT2D eigenvalue weighted by molar-refractivity contribution is 7.61. The van der Waals surface area contributed by atoms with Gasteiger partial charge in [0.15, 0.2) is 0 Å². The Kier molecular flexibility index (Phi) is 5.73. The summed E-state index contributed by atoms with van der Waals surface area (Å²) in [5.41, 5.74) is 6.10. The van der Waals surface area contributed by atoms with Crippen LogP contribution in [0.4, 0.5) is 0 Å². The molecule has 0 aliphatic heterocycles. The molecule has 0 saturated heterocycles. The highest BCUT2D eigenvalue weighted by Gasteiger charge is 1.78. The first-order chi connectivity index (χ1) is 4.63. The molecule has 0 heterocycles. The maximum absolute atomic E-state index is 3.05. The van der Waals surface area contributed by atoms with Gasteiger partial charge in [-0.05, 0) is 54.3 Å². The third-order valence-corrected chi connectivity index (χ3v) is 1.74. The Labute approximate surface area is 66.3 Å². The first-order valence-electron chi connectivity index (χ1n) is 2.99. The van der Waals surface area contributed by atoms with Crippen LogP contribution in [-0.4, -0.2) is 26.7 Å². The summed E-state index contributed by atoms with van der Waals surface area (Å²) in [6.07, 6.45) is 0. The number of rotatable bonds is 0. The van der Waals surface area contributed by atoms with Crippen molar-refractivity contribution in [3.63, 3.8) is 0 Å². The summed E-state index contributed by atoms with van der Waals surface area (Å²) >= 11 is 0. The third kappa shape index (κ3) is 7.98. The van der Waals surface area contributed by atoms with Crippen LogP contribution >= 0.6 is 15.8 Å². The molecule has 0 radical (unpaired) electrons. The van der Waals surface area contributed by atoms with Gasteiger partial charge < -0.3 is 0 Å². The topological polar surface area (TPSA) is 0 Å². The lowest BCUT2D eigenvalue weighted by atomic mass is 10.7. The van der Waals surface area contributed by atoms with E-state index in [1.165, 1.54) is 0 Å². The minimum absolute atomic E-state index is 0.0878. The van der Waals surface area contributed by atoms with Crippen LogP contribution in [0.3, 0.4) is 0 Å². The molecule has 0 aromatic carbocycles. The van der Waals surface area contributed by atoms with Gasteiger partial charge in [0.05, 0.1) is 0 Å². The Morgan fingerprint density at radius 2 is 1.00 bits per heavy atom. The van der Waals surface area contributed by atoms with Crippen LogP contribution in [0.1, 0.15) is 0 Å². The highest BCUT2D eigenvalue weighted by atomic mass is 31.1. The minimum Gasteiger partial charge on any atom is -0.0631 e. The first-order valence-corrected chi connectivity index (χ1v) is 7.46. The van der Waals surface area contributed by atoms with Gasteiger partial charge in [0.2, 0.25) is 0 Å². The average molecular weight is 170 g/mol. The van der Waals surface area contributed by atoms with Crippen LogP contribution in [0.25, 0.3) is 0 Å². The summed E-state index contributed by atoms with van der Waals surface area (Å²) in [5, 5.41) is 0. The van der Waals surface area contributed by atoms with E-state index in [1.807, 2.05) is 0 Å². The van der Waals surface area contributed by atoms with E-state index in [-0.39, 0.29) is 15.8 Å². The Balaban J connectivity index is 3.78. The minimum atomic E-state index is -0.0878. The fraction of sp³-hybridized carbons (Fsp3) is 0.500. The third-order valence-electron chi connectivity index (χ3n) is 0.622. The molecule has 0 atom stereocenters. The molecule has 0 saturated carbocycles. The number of hydrogen-bond acceptors (Lipinski definition) is 0. The zero-order valence-electron chi connectivity index (χ0n) is 6.89. The molecule has 0 aliphatic carbocycles. The second-order valence-corrected chi connectivity index (χ2v) is 6.29. The molecule has 0 aromatic heterocycles. The van der Waals surface area contributed by atoms with E-state index >= 15 is 0 Å². The van der Waals surface area contributed by atoms with Gasteiger partial charge in [-0.1, -0.05) is 11.3 Å². The van der Waals surface area contributed by atoms with Gasteiger partial charge in [-0.2, -0.15) is 0 Å². The predicted octanol–water partition coefficient (Wildman–Crippen LogP) is 2.39. The van der Waals surface area contributed by atoms with Gasteiger partial charge in [0.25, 0.3) is 0 Å². The molecule has 0 unspecified atom stereocenters. The second kappa shape index (κ2) is 5.74. The van der Waals surface area contributed by atoms with Crippen LogP contribution in [0.15, 0.2) is 0 Å². The van der Waals surface area contributed by atoms with E-state index in [9.17, 15) is 0 Å². The van der Waals surface area contributed by atoms with Crippen LogP contribution in [0.5, 0.6) is 0 Å². The molecule has 0 N–H and O–H groups in total. The van der Waals surface area contributed by atoms with E-state index in [0.717, 1.165) is 0 Å². The molecule has 0 aromatic rings. The van der Waals surface area contributed by atoms with Crippen LogP contribution < -0.4 is 0 Å². The van der Waals surface area contributed by atoms with Crippen LogP contribution in [0.2, 0.25) is 0 Å². The fourth-order valence-corrected chi connectivity index (χ4v) is 0.839. The van der Waals surface area contributed by atoms with Crippen LogP contribution in [0, 0.1) is 23.2 Å². The summed E-state index contributed by atoms with van der Waals surface area (Å²) in [5.74, 6) is 5.70. The molecule has 0 nitrogen and oxygen atoms in total. The second-order valence-electron chi connectivity index (χ2n) is 2.26. The maximum Gasteiger partial charge on any atom is -0.0104 e. The van der Waals surface area contributed by atoms with E-state index in [0.29, 0.717) is 0 Å². The lowest BCUT2D eigenvalue weighted by molar-refractivity contribution is 2.23. The summed E-state index contributed by atoms with van der Waals surface area (Å²) in [4.78, 5) is 0.